The van der Waals surface area contributed by atoms with Crippen molar-refractivity contribution < 1.29 is 14.3 Å². The molecular weight excluding hydrogens is 218 g/mol. The molecule has 1 aliphatic rings. The van der Waals surface area contributed by atoms with E-state index in [4.69, 9.17) is 15.2 Å². The van der Waals surface area contributed by atoms with Gasteiger partial charge in [-0.3, -0.25) is 4.79 Å². The number of ketones is 1. The van der Waals surface area contributed by atoms with E-state index >= 15 is 0 Å². The molecule has 1 aliphatic heterocycles. The topological polar surface area (TPSA) is 61.5 Å². The monoisotopic (exact) mass is 235 g/mol. The minimum Gasteiger partial charge on any atom is -0.496 e. The van der Waals surface area contributed by atoms with Crippen molar-refractivity contribution in [3.05, 3.63) is 29.3 Å². The van der Waals surface area contributed by atoms with Crippen LogP contribution in [0.4, 0.5) is 0 Å². The third-order valence-electron chi connectivity index (χ3n) is 3.23. The van der Waals surface area contributed by atoms with Crippen LogP contribution in [0.5, 0.6) is 5.75 Å². The zero-order valence-electron chi connectivity index (χ0n) is 10.2. The molecule has 0 saturated carbocycles. The van der Waals surface area contributed by atoms with E-state index in [0.29, 0.717) is 31.1 Å². The molecule has 0 atom stereocenters. The molecule has 0 bridgehead atoms. The first-order valence-corrected chi connectivity index (χ1v) is 5.60. The van der Waals surface area contributed by atoms with Gasteiger partial charge in [0.25, 0.3) is 0 Å². The van der Waals surface area contributed by atoms with Crippen LogP contribution in [-0.4, -0.2) is 32.7 Å². The molecule has 4 nitrogen and oxygen atoms in total. The molecule has 0 aromatic heterocycles. The highest BCUT2D eigenvalue weighted by molar-refractivity contribution is 6.03. The SMILES string of the molecule is COc1ccc(C)cc1C(=O)C1(CN)COC1. The van der Waals surface area contributed by atoms with Gasteiger partial charge in [-0.15, -0.1) is 0 Å². The minimum absolute atomic E-state index is 0.0202. The van der Waals surface area contributed by atoms with Crippen LogP contribution in [0, 0.1) is 12.3 Å². The largest absolute Gasteiger partial charge is 0.496 e. The lowest BCUT2D eigenvalue weighted by atomic mass is 9.78. The van der Waals surface area contributed by atoms with Crippen molar-refractivity contribution in [3.8, 4) is 5.75 Å². The molecule has 1 heterocycles. The van der Waals surface area contributed by atoms with Gasteiger partial charge >= 0.3 is 0 Å². The highest BCUT2D eigenvalue weighted by atomic mass is 16.5. The molecule has 0 spiro atoms. The molecule has 17 heavy (non-hydrogen) atoms. The van der Waals surface area contributed by atoms with Crippen LogP contribution in [0.1, 0.15) is 15.9 Å². The van der Waals surface area contributed by atoms with Gasteiger partial charge in [-0.1, -0.05) is 11.6 Å². The predicted molar refractivity (Wildman–Crippen MR) is 64.4 cm³/mol. The summed E-state index contributed by atoms with van der Waals surface area (Å²) in [7, 11) is 1.56. The molecule has 0 unspecified atom stereocenters. The lowest BCUT2D eigenvalue weighted by Crippen LogP contribution is -2.54. The first kappa shape index (κ1) is 12.1. The highest BCUT2D eigenvalue weighted by Crippen LogP contribution is 2.34. The Kier molecular flexibility index (Phi) is 3.17. The van der Waals surface area contributed by atoms with Crippen molar-refractivity contribution in [1.82, 2.24) is 0 Å². The summed E-state index contributed by atoms with van der Waals surface area (Å²) in [5, 5.41) is 0. The van der Waals surface area contributed by atoms with Gasteiger partial charge in [0, 0.05) is 6.54 Å². The average molecular weight is 235 g/mol. The second kappa shape index (κ2) is 4.47. The maximum absolute atomic E-state index is 12.5. The number of benzene rings is 1. The fraction of sp³-hybridized carbons (Fsp3) is 0.462. The van der Waals surface area contributed by atoms with Crippen LogP contribution in [0.25, 0.3) is 0 Å². The molecular formula is C13H17NO3. The Labute approximate surface area is 101 Å². The van der Waals surface area contributed by atoms with E-state index in [2.05, 4.69) is 0 Å². The summed E-state index contributed by atoms with van der Waals surface area (Å²) in [4.78, 5) is 12.5. The molecule has 1 saturated heterocycles. The van der Waals surface area contributed by atoms with Crippen LogP contribution in [0.2, 0.25) is 0 Å². The zero-order valence-corrected chi connectivity index (χ0v) is 10.2. The Hall–Kier alpha value is -1.39. The number of carbonyl (C=O) groups is 1. The maximum atomic E-state index is 12.5. The molecule has 92 valence electrons. The molecule has 1 aromatic carbocycles. The fourth-order valence-corrected chi connectivity index (χ4v) is 1.98. The van der Waals surface area contributed by atoms with Gasteiger partial charge in [-0.05, 0) is 19.1 Å². The van der Waals surface area contributed by atoms with E-state index in [-0.39, 0.29) is 5.78 Å². The van der Waals surface area contributed by atoms with Gasteiger partial charge in [0.2, 0.25) is 0 Å². The van der Waals surface area contributed by atoms with Gasteiger partial charge in [-0.2, -0.15) is 0 Å². The minimum atomic E-state index is -0.554. The molecule has 0 aliphatic carbocycles. The third-order valence-corrected chi connectivity index (χ3v) is 3.23. The molecule has 0 amide bonds. The summed E-state index contributed by atoms with van der Waals surface area (Å²) in [5.41, 5.74) is 6.77. The quantitative estimate of drug-likeness (QED) is 0.795. The number of aryl methyl sites for hydroxylation is 1. The second-order valence-corrected chi connectivity index (χ2v) is 4.51. The summed E-state index contributed by atoms with van der Waals surface area (Å²) in [6.45, 7) is 3.06. The van der Waals surface area contributed by atoms with Gasteiger partial charge in [0.15, 0.2) is 5.78 Å². The van der Waals surface area contributed by atoms with Crippen LogP contribution >= 0.6 is 0 Å². The normalized spacial score (nSPS) is 17.4. The first-order valence-electron chi connectivity index (χ1n) is 5.60. The van der Waals surface area contributed by atoms with Gasteiger partial charge < -0.3 is 15.2 Å². The Morgan fingerprint density at radius 3 is 2.71 bits per heavy atom. The van der Waals surface area contributed by atoms with Gasteiger partial charge in [0.1, 0.15) is 5.75 Å². The van der Waals surface area contributed by atoms with E-state index in [9.17, 15) is 4.79 Å². The van der Waals surface area contributed by atoms with Crippen molar-refractivity contribution in [3.63, 3.8) is 0 Å². The van der Waals surface area contributed by atoms with Gasteiger partial charge in [0.05, 0.1) is 31.3 Å². The van der Waals surface area contributed by atoms with Crippen LogP contribution in [-0.2, 0) is 4.74 Å². The molecule has 2 rings (SSSR count). The number of hydrogen-bond acceptors (Lipinski definition) is 4. The van der Waals surface area contributed by atoms with E-state index in [1.54, 1.807) is 7.11 Å². The Morgan fingerprint density at radius 2 is 2.24 bits per heavy atom. The zero-order chi connectivity index (χ0) is 12.5. The van der Waals surface area contributed by atoms with E-state index < -0.39 is 5.41 Å². The second-order valence-electron chi connectivity index (χ2n) is 4.51. The summed E-state index contributed by atoms with van der Waals surface area (Å²) in [5.74, 6) is 0.618. The average Bonchev–Trinajstić information content (AvgIpc) is 2.28. The Morgan fingerprint density at radius 1 is 1.53 bits per heavy atom. The Balaban J connectivity index is 2.39. The van der Waals surface area contributed by atoms with E-state index in [1.807, 2.05) is 25.1 Å². The number of ether oxygens (including phenoxy) is 2. The van der Waals surface area contributed by atoms with Crippen LogP contribution < -0.4 is 10.5 Å². The smallest absolute Gasteiger partial charge is 0.178 e. The van der Waals surface area contributed by atoms with Crippen molar-refractivity contribution in [1.29, 1.82) is 0 Å². The lowest BCUT2D eigenvalue weighted by Gasteiger charge is -2.39. The van der Waals surface area contributed by atoms with Crippen molar-refractivity contribution >= 4 is 5.78 Å². The fourth-order valence-electron chi connectivity index (χ4n) is 1.98. The van der Waals surface area contributed by atoms with Crippen LogP contribution in [0.3, 0.4) is 0 Å². The molecule has 0 radical (unpaired) electrons. The number of Topliss-reactive ketones (excluding diaryl/α,β-unsaturated/α-hetero) is 1. The summed E-state index contributed by atoms with van der Waals surface area (Å²) < 4.78 is 10.4. The summed E-state index contributed by atoms with van der Waals surface area (Å²) >= 11 is 0. The third kappa shape index (κ3) is 1.94. The summed E-state index contributed by atoms with van der Waals surface area (Å²) in [6.07, 6.45) is 0. The Bertz CT molecular complexity index is 433. The molecule has 1 fully saturated rings. The van der Waals surface area contributed by atoms with Crippen LogP contribution in [0.15, 0.2) is 18.2 Å². The molecule has 2 N–H and O–H groups in total. The van der Waals surface area contributed by atoms with Crippen molar-refractivity contribution in [2.45, 2.75) is 6.92 Å². The number of rotatable bonds is 4. The van der Waals surface area contributed by atoms with E-state index in [0.717, 1.165) is 5.56 Å². The van der Waals surface area contributed by atoms with Gasteiger partial charge in [-0.25, -0.2) is 0 Å². The highest BCUT2D eigenvalue weighted by Gasteiger charge is 2.45. The lowest BCUT2D eigenvalue weighted by molar-refractivity contribution is -0.0816. The molecule has 1 aromatic rings. The van der Waals surface area contributed by atoms with E-state index in [1.165, 1.54) is 0 Å². The number of methoxy groups -OCH3 is 1. The maximum Gasteiger partial charge on any atom is 0.178 e. The van der Waals surface area contributed by atoms with Crippen molar-refractivity contribution in [2.24, 2.45) is 11.1 Å². The standard InChI is InChI=1S/C13H17NO3/c1-9-3-4-11(16-2)10(5-9)12(15)13(6-14)7-17-8-13/h3-5H,6-8,14H2,1-2H3. The predicted octanol–water partition coefficient (Wildman–Crippen LogP) is 1.16. The van der Waals surface area contributed by atoms with Crippen molar-refractivity contribution in [2.75, 3.05) is 26.9 Å². The first-order chi connectivity index (χ1) is 8.13. The number of hydrogen-bond donors (Lipinski definition) is 1. The summed E-state index contributed by atoms with van der Waals surface area (Å²) in [6, 6.07) is 5.57. The molecule has 4 heteroatoms. The number of carbonyl (C=O) groups excluding carboxylic acids is 1. The number of nitrogens with two attached hydrogens (primary N) is 1.